The first-order valence-electron chi connectivity index (χ1n) is 6.36. The van der Waals surface area contributed by atoms with E-state index in [1.807, 2.05) is 0 Å². The third kappa shape index (κ3) is 2.29. The molecule has 1 saturated carbocycles. The van der Waals surface area contributed by atoms with Crippen LogP contribution in [0.15, 0.2) is 0 Å². The normalized spacial score (nSPS) is 36.9. The molecule has 2 fully saturated rings. The fraction of sp³-hybridized carbons (Fsp3) is 0.833. The van der Waals surface area contributed by atoms with Gasteiger partial charge in [0.25, 0.3) is 0 Å². The summed E-state index contributed by atoms with van der Waals surface area (Å²) in [7, 11) is 0. The van der Waals surface area contributed by atoms with Gasteiger partial charge in [-0.25, -0.2) is 0 Å². The molecule has 0 aromatic rings. The minimum Gasteiger partial charge on any atom is -0.354 e. The molecular formula is C12H21N3O2. The Hall–Kier alpha value is -1.10. The first kappa shape index (κ1) is 12.4. The Kier molecular flexibility index (Phi) is 3.38. The van der Waals surface area contributed by atoms with Gasteiger partial charge in [0.15, 0.2) is 0 Å². The Labute approximate surface area is 102 Å². The summed E-state index contributed by atoms with van der Waals surface area (Å²) in [5, 5.41) is 5.62. The Morgan fingerprint density at radius 3 is 2.82 bits per heavy atom. The van der Waals surface area contributed by atoms with Crippen LogP contribution in [0.1, 0.15) is 32.6 Å². The Bertz CT molecular complexity index is 324. The van der Waals surface area contributed by atoms with Crippen molar-refractivity contribution < 1.29 is 9.59 Å². The largest absolute Gasteiger partial charge is 0.354 e. The number of rotatable bonds is 3. The topological polar surface area (TPSA) is 84.2 Å². The number of nitrogens with two attached hydrogens (primary N) is 1. The smallest absolute Gasteiger partial charge is 0.242 e. The Morgan fingerprint density at radius 2 is 2.29 bits per heavy atom. The summed E-state index contributed by atoms with van der Waals surface area (Å²) in [5.74, 6) is 0.453. The van der Waals surface area contributed by atoms with E-state index in [4.69, 9.17) is 5.73 Å². The van der Waals surface area contributed by atoms with Crippen molar-refractivity contribution in [3.8, 4) is 0 Å². The molecule has 2 amide bonds. The second kappa shape index (κ2) is 4.64. The third-order valence-electron chi connectivity index (χ3n) is 3.94. The van der Waals surface area contributed by atoms with E-state index >= 15 is 0 Å². The highest BCUT2D eigenvalue weighted by Crippen LogP contribution is 2.44. The van der Waals surface area contributed by atoms with Crippen LogP contribution < -0.4 is 16.4 Å². The van der Waals surface area contributed by atoms with Crippen LogP contribution in [0.25, 0.3) is 0 Å². The van der Waals surface area contributed by atoms with E-state index in [0.717, 1.165) is 25.7 Å². The van der Waals surface area contributed by atoms with Crippen LogP contribution in [-0.2, 0) is 9.59 Å². The summed E-state index contributed by atoms with van der Waals surface area (Å²) in [5.41, 5.74) is 5.29. The van der Waals surface area contributed by atoms with Crippen LogP contribution in [0.2, 0.25) is 0 Å². The second-order valence-electron chi connectivity index (χ2n) is 5.46. The van der Waals surface area contributed by atoms with Gasteiger partial charge in [0.1, 0.15) is 6.04 Å². The van der Waals surface area contributed by atoms with Crippen LogP contribution in [0.4, 0.5) is 0 Å². The number of hydrogen-bond donors (Lipinski definition) is 3. The monoisotopic (exact) mass is 239 g/mol. The van der Waals surface area contributed by atoms with Crippen molar-refractivity contribution in [1.29, 1.82) is 0 Å². The number of hydrogen-bond acceptors (Lipinski definition) is 3. The maximum atomic E-state index is 12.2. The maximum absolute atomic E-state index is 12.2. The highest BCUT2D eigenvalue weighted by atomic mass is 16.2. The van der Waals surface area contributed by atoms with Gasteiger partial charge >= 0.3 is 0 Å². The average Bonchev–Trinajstić information content (AvgIpc) is 2.27. The molecule has 1 aliphatic carbocycles. The molecule has 1 unspecified atom stereocenters. The van der Waals surface area contributed by atoms with Gasteiger partial charge in [-0.05, 0) is 31.6 Å². The molecule has 1 atom stereocenters. The van der Waals surface area contributed by atoms with Gasteiger partial charge in [-0.15, -0.1) is 0 Å². The summed E-state index contributed by atoms with van der Waals surface area (Å²) in [6, 6.07) is -0.365. The number of carbonyl (C=O) groups excluding carboxylic acids is 2. The average molecular weight is 239 g/mol. The van der Waals surface area contributed by atoms with E-state index in [-0.39, 0.29) is 17.9 Å². The minimum absolute atomic E-state index is 0.0415. The molecule has 17 heavy (non-hydrogen) atoms. The van der Waals surface area contributed by atoms with E-state index in [9.17, 15) is 9.59 Å². The lowest BCUT2D eigenvalue weighted by Crippen LogP contribution is -2.58. The van der Waals surface area contributed by atoms with E-state index in [0.29, 0.717) is 19.0 Å². The van der Waals surface area contributed by atoms with Crippen LogP contribution in [0.3, 0.4) is 0 Å². The molecule has 1 saturated heterocycles. The predicted molar refractivity (Wildman–Crippen MR) is 64.1 cm³/mol. The van der Waals surface area contributed by atoms with Crippen molar-refractivity contribution in [2.45, 2.75) is 38.6 Å². The van der Waals surface area contributed by atoms with E-state index in [1.54, 1.807) is 0 Å². The lowest BCUT2D eigenvalue weighted by Gasteiger charge is -2.45. The first-order chi connectivity index (χ1) is 8.07. The first-order valence-corrected chi connectivity index (χ1v) is 6.36. The molecule has 2 aliphatic rings. The molecular weight excluding hydrogens is 218 g/mol. The minimum atomic E-state index is -0.420. The molecule has 1 heterocycles. The van der Waals surface area contributed by atoms with Gasteiger partial charge in [-0.2, -0.15) is 0 Å². The van der Waals surface area contributed by atoms with E-state index < -0.39 is 5.41 Å². The highest BCUT2D eigenvalue weighted by Gasteiger charge is 2.47. The molecule has 96 valence electrons. The van der Waals surface area contributed by atoms with Gasteiger partial charge in [0, 0.05) is 13.1 Å². The van der Waals surface area contributed by atoms with Crippen molar-refractivity contribution in [2.75, 3.05) is 13.1 Å². The fourth-order valence-electron chi connectivity index (χ4n) is 2.94. The summed E-state index contributed by atoms with van der Waals surface area (Å²) in [6.07, 6.45) is 3.32. The molecule has 4 N–H and O–H groups in total. The van der Waals surface area contributed by atoms with Crippen molar-refractivity contribution in [3.63, 3.8) is 0 Å². The van der Waals surface area contributed by atoms with Gasteiger partial charge in [0.2, 0.25) is 11.8 Å². The summed E-state index contributed by atoms with van der Waals surface area (Å²) in [6.45, 7) is 3.20. The SMILES string of the molecule is CC1CC(CN)(C(=O)NC2CCCNC2=O)C1. The van der Waals surface area contributed by atoms with Crippen LogP contribution in [0.5, 0.6) is 0 Å². The number of nitrogens with one attached hydrogen (secondary N) is 2. The number of carbonyl (C=O) groups is 2. The zero-order valence-electron chi connectivity index (χ0n) is 10.3. The molecule has 0 spiro atoms. The van der Waals surface area contributed by atoms with E-state index in [2.05, 4.69) is 17.6 Å². The van der Waals surface area contributed by atoms with Crippen LogP contribution in [0, 0.1) is 11.3 Å². The fourth-order valence-corrected chi connectivity index (χ4v) is 2.94. The molecule has 0 aromatic carbocycles. The number of piperidine rings is 1. The molecule has 5 heteroatoms. The van der Waals surface area contributed by atoms with Crippen molar-refractivity contribution in [1.82, 2.24) is 10.6 Å². The van der Waals surface area contributed by atoms with Crippen molar-refractivity contribution in [3.05, 3.63) is 0 Å². The zero-order chi connectivity index (χ0) is 12.5. The van der Waals surface area contributed by atoms with Crippen LogP contribution in [-0.4, -0.2) is 30.9 Å². The predicted octanol–water partition coefficient (Wildman–Crippen LogP) is -0.244. The highest BCUT2D eigenvalue weighted by molar-refractivity contribution is 5.91. The molecule has 0 bridgehead atoms. The van der Waals surface area contributed by atoms with Gasteiger partial charge in [-0.3, -0.25) is 9.59 Å². The maximum Gasteiger partial charge on any atom is 0.242 e. The molecule has 5 nitrogen and oxygen atoms in total. The second-order valence-corrected chi connectivity index (χ2v) is 5.46. The molecule has 0 aromatic heterocycles. The van der Waals surface area contributed by atoms with Crippen molar-refractivity contribution in [2.24, 2.45) is 17.1 Å². The lowest BCUT2D eigenvalue weighted by atomic mass is 9.62. The van der Waals surface area contributed by atoms with Crippen molar-refractivity contribution >= 4 is 11.8 Å². The van der Waals surface area contributed by atoms with E-state index in [1.165, 1.54) is 0 Å². The Morgan fingerprint density at radius 1 is 1.59 bits per heavy atom. The van der Waals surface area contributed by atoms with Gasteiger partial charge in [-0.1, -0.05) is 6.92 Å². The van der Waals surface area contributed by atoms with Crippen LogP contribution >= 0.6 is 0 Å². The van der Waals surface area contributed by atoms with Gasteiger partial charge < -0.3 is 16.4 Å². The summed E-state index contributed by atoms with van der Waals surface area (Å²) >= 11 is 0. The lowest BCUT2D eigenvalue weighted by molar-refractivity contribution is -0.141. The standard InChI is InChI=1S/C12H21N3O2/c1-8-5-12(6-8,7-13)11(17)15-9-3-2-4-14-10(9)16/h8-9H,2-7,13H2,1H3,(H,14,16)(H,15,17). The summed E-state index contributed by atoms with van der Waals surface area (Å²) in [4.78, 5) is 23.7. The summed E-state index contributed by atoms with van der Waals surface area (Å²) < 4.78 is 0. The quantitative estimate of drug-likeness (QED) is 0.635. The molecule has 2 rings (SSSR count). The number of amides is 2. The molecule has 1 aliphatic heterocycles. The molecule has 0 radical (unpaired) electrons. The zero-order valence-corrected chi connectivity index (χ0v) is 10.3. The third-order valence-corrected chi connectivity index (χ3v) is 3.94. The van der Waals surface area contributed by atoms with Gasteiger partial charge in [0.05, 0.1) is 5.41 Å². The Balaban J connectivity index is 1.94.